The first kappa shape index (κ1) is 27.3. The third kappa shape index (κ3) is 7.52. The maximum Gasteiger partial charge on any atom is 0.271 e. The van der Waals surface area contributed by atoms with Crippen molar-refractivity contribution in [1.82, 2.24) is 10.2 Å². The van der Waals surface area contributed by atoms with Gasteiger partial charge in [0.25, 0.3) is 5.69 Å². The van der Waals surface area contributed by atoms with E-state index in [9.17, 15) is 28.1 Å². The quantitative estimate of drug-likeness (QED) is 0.354. The van der Waals surface area contributed by atoms with E-state index in [1.807, 2.05) is 6.07 Å². The van der Waals surface area contributed by atoms with Crippen LogP contribution < -0.4 is 9.62 Å². The Hall–Kier alpha value is -2.99. The fourth-order valence-corrected chi connectivity index (χ4v) is 4.48. The van der Waals surface area contributed by atoms with Crippen molar-refractivity contribution in [2.24, 2.45) is 0 Å². The predicted octanol–water partition coefficient (Wildman–Crippen LogP) is 3.07. The highest BCUT2D eigenvalue weighted by Crippen LogP contribution is 2.24. The Bertz CT molecular complexity index is 1170. The lowest BCUT2D eigenvalue weighted by Gasteiger charge is -2.31. The van der Waals surface area contributed by atoms with Gasteiger partial charge >= 0.3 is 0 Å². The molecule has 0 unspecified atom stereocenters. The molecular weight excluding hydrogens is 528 g/mol. The predicted molar refractivity (Wildman–Crippen MR) is 133 cm³/mol. The SMILES string of the molecule is CC(C)NC(=O)[C@@H](C)N(Cc1cccc(Br)c1)C(=O)CN(c1cccc([N+](=O)[O-])c1)S(C)(=O)=O. The molecule has 0 saturated carbocycles. The van der Waals surface area contributed by atoms with Gasteiger partial charge in [0.2, 0.25) is 21.8 Å². The fourth-order valence-electron chi connectivity index (χ4n) is 3.20. The number of nitro groups is 1. The number of carbonyl (C=O) groups is 2. The van der Waals surface area contributed by atoms with Gasteiger partial charge in [-0.25, -0.2) is 8.42 Å². The zero-order chi connectivity index (χ0) is 25.6. The summed E-state index contributed by atoms with van der Waals surface area (Å²) in [6, 6.07) is 11.1. The Morgan fingerprint density at radius 2 is 1.76 bits per heavy atom. The number of hydrogen-bond acceptors (Lipinski definition) is 6. The Balaban J connectivity index is 2.43. The second-order valence-corrected chi connectivity index (χ2v) is 10.9. The third-order valence-electron chi connectivity index (χ3n) is 4.85. The van der Waals surface area contributed by atoms with E-state index >= 15 is 0 Å². The highest BCUT2D eigenvalue weighted by atomic mass is 79.9. The first-order valence-corrected chi connectivity index (χ1v) is 13.0. The summed E-state index contributed by atoms with van der Waals surface area (Å²) < 4.78 is 26.6. The van der Waals surface area contributed by atoms with Gasteiger partial charge in [-0.05, 0) is 44.5 Å². The molecule has 1 atom stereocenters. The Morgan fingerprint density at radius 1 is 1.12 bits per heavy atom. The number of rotatable bonds is 10. The molecule has 10 nitrogen and oxygen atoms in total. The summed E-state index contributed by atoms with van der Waals surface area (Å²) in [4.78, 5) is 37.9. The van der Waals surface area contributed by atoms with E-state index in [0.29, 0.717) is 0 Å². The molecule has 0 heterocycles. The summed E-state index contributed by atoms with van der Waals surface area (Å²) in [5.74, 6) is -1.03. The number of anilines is 1. The van der Waals surface area contributed by atoms with Crippen molar-refractivity contribution in [3.63, 3.8) is 0 Å². The van der Waals surface area contributed by atoms with Crippen LogP contribution in [0.2, 0.25) is 0 Å². The number of carbonyl (C=O) groups excluding carboxylic acids is 2. The zero-order valence-corrected chi connectivity index (χ0v) is 21.7. The van der Waals surface area contributed by atoms with Crippen LogP contribution in [0, 0.1) is 10.1 Å². The lowest BCUT2D eigenvalue weighted by molar-refractivity contribution is -0.384. The molecule has 2 rings (SSSR count). The number of amides is 2. The summed E-state index contributed by atoms with van der Waals surface area (Å²) in [6.45, 7) is 4.56. The molecule has 0 saturated heterocycles. The maximum atomic E-state index is 13.4. The summed E-state index contributed by atoms with van der Waals surface area (Å²) >= 11 is 3.38. The van der Waals surface area contributed by atoms with Gasteiger partial charge in [0.1, 0.15) is 12.6 Å². The number of benzene rings is 2. The normalized spacial score (nSPS) is 12.2. The van der Waals surface area contributed by atoms with Crippen molar-refractivity contribution in [2.45, 2.75) is 39.4 Å². The van der Waals surface area contributed by atoms with E-state index in [1.54, 1.807) is 39.0 Å². The molecule has 34 heavy (non-hydrogen) atoms. The molecule has 2 aromatic rings. The van der Waals surface area contributed by atoms with Gasteiger partial charge in [-0.3, -0.25) is 24.0 Å². The van der Waals surface area contributed by atoms with Crippen molar-refractivity contribution in [3.8, 4) is 0 Å². The number of sulfonamides is 1. The van der Waals surface area contributed by atoms with Crippen LogP contribution in [0.15, 0.2) is 53.0 Å². The minimum atomic E-state index is -3.98. The van der Waals surface area contributed by atoms with E-state index in [2.05, 4.69) is 21.2 Å². The van der Waals surface area contributed by atoms with Gasteiger partial charge in [-0.1, -0.05) is 34.1 Å². The standard InChI is InChI=1S/C22H27BrN4O6S/c1-15(2)24-22(29)16(3)25(13-17-7-5-8-18(23)11-17)21(28)14-26(34(4,32)33)19-9-6-10-20(12-19)27(30)31/h5-12,15-16H,13-14H2,1-4H3,(H,24,29)/t16-/m1/s1. The first-order valence-electron chi connectivity index (χ1n) is 10.4. The number of nitrogens with one attached hydrogen (secondary N) is 1. The van der Waals surface area contributed by atoms with Crippen LogP contribution >= 0.6 is 15.9 Å². The molecule has 0 bridgehead atoms. The molecule has 2 amide bonds. The smallest absolute Gasteiger partial charge is 0.271 e. The Labute approximate surface area is 207 Å². The summed E-state index contributed by atoms with van der Waals surface area (Å²) in [5, 5.41) is 13.9. The Kier molecular flexibility index (Phi) is 9.16. The summed E-state index contributed by atoms with van der Waals surface area (Å²) in [6.07, 6.45) is 0.909. The van der Waals surface area contributed by atoms with Crippen LogP contribution in [0.25, 0.3) is 0 Å². The second kappa shape index (κ2) is 11.4. The number of nitro benzene ring substituents is 1. The molecule has 0 radical (unpaired) electrons. The lowest BCUT2D eigenvalue weighted by atomic mass is 10.1. The number of hydrogen-bond donors (Lipinski definition) is 1. The van der Waals surface area contributed by atoms with E-state index in [-0.39, 0.29) is 29.9 Å². The van der Waals surface area contributed by atoms with Crippen molar-refractivity contribution in [1.29, 1.82) is 0 Å². The number of nitrogens with zero attached hydrogens (tertiary/aromatic N) is 3. The molecule has 0 aromatic heterocycles. The van der Waals surface area contributed by atoms with Gasteiger partial charge in [0, 0.05) is 29.2 Å². The molecule has 2 aromatic carbocycles. The monoisotopic (exact) mass is 554 g/mol. The van der Waals surface area contributed by atoms with E-state index in [0.717, 1.165) is 26.7 Å². The van der Waals surface area contributed by atoms with Gasteiger partial charge in [-0.2, -0.15) is 0 Å². The minimum Gasteiger partial charge on any atom is -0.352 e. The summed E-state index contributed by atoms with van der Waals surface area (Å²) in [5.41, 5.74) is 0.397. The molecule has 1 N–H and O–H groups in total. The molecule has 0 aliphatic heterocycles. The van der Waals surface area contributed by atoms with Crippen molar-refractivity contribution in [3.05, 3.63) is 68.7 Å². The van der Waals surface area contributed by atoms with Gasteiger partial charge in [0.15, 0.2) is 0 Å². The number of halogens is 1. The second-order valence-electron chi connectivity index (χ2n) is 8.04. The third-order valence-corrected chi connectivity index (χ3v) is 6.48. The Morgan fingerprint density at radius 3 is 2.32 bits per heavy atom. The highest BCUT2D eigenvalue weighted by molar-refractivity contribution is 9.10. The van der Waals surface area contributed by atoms with E-state index < -0.39 is 33.4 Å². The summed E-state index contributed by atoms with van der Waals surface area (Å²) in [7, 11) is -3.98. The molecule has 184 valence electrons. The zero-order valence-electron chi connectivity index (χ0n) is 19.3. The van der Waals surface area contributed by atoms with Crippen LogP contribution in [0.1, 0.15) is 26.3 Å². The maximum absolute atomic E-state index is 13.4. The van der Waals surface area contributed by atoms with Gasteiger partial charge < -0.3 is 10.2 Å². The van der Waals surface area contributed by atoms with Crippen LogP contribution in [0.4, 0.5) is 11.4 Å². The molecule has 0 spiro atoms. The molecular formula is C22H27BrN4O6S. The van der Waals surface area contributed by atoms with Crippen LogP contribution in [0.3, 0.4) is 0 Å². The highest BCUT2D eigenvalue weighted by Gasteiger charge is 2.30. The van der Waals surface area contributed by atoms with Crippen LogP contribution in [-0.4, -0.2) is 54.9 Å². The van der Waals surface area contributed by atoms with Crippen molar-refractivity contribution < 1.29 is 22.9 Å². The van der Waals surface area contributed by atoms with Gasteiger partial charge in [0.05, 0.1) is 16.9 Å². The van der Waals surface area contributed by atoms with Crippen LogP contribution in [-0.2, 0) is 26.2 Å². The minimum absolute atomic E-state index is 0.0215. The van der Waals surface area contributed by atoms with E-state index in [1.165, 1.54) is 23.1 Å². The molecule has 12 heteroatoms. The average Bonchev–Trinajstić information content (AvgIpc) is 2.74. The van der Waals surface area contributed by atoms with Crippen molar-refractivity contribution in [2.75, 3.05) is 17.1 Å². The average molecular weight is 555 g/mol. The topological polar surface area (TPSA) is 130 Å². The largest absolute Gasteiger partial charge is 0.352 e. The van der Waals surface area contributed by atoms with Crippen LogP contribution in [0.5, 0.6) is 0 Å². The number of non-ortho nitro benzene ring substituents is 1. The molecule has 0 aliphatic rings. The first-order chi connectivity index (χ1) is 15.8. The fraction of sp³-hybridized carbons (Fsp3) is 0.364. The van der Waals surface area contributed by atoms with E-state index in [4.69, 9.17) is 0 Å². The molecule has 0 aliphatic carbocycles. The van der Waals surface area contributed by atoms with Crippen molar-refractivity contribution >= 4 is 49.1 Å². The molecule has 0 fully saturated rings. The lowest BCUT2D eigenvalue weighted by Crippen LogP contribution is -2.52. The van der Waals surface area contributed by atoms with Gasteiger partial charge in [-0.15, -0.1) is 0 Å².